The van der Waals surface area contributed by atoms with Crippen molar-refractivity contribution in [2.24, 2.45) is 5.10 Å². The van der Waals surface area contributed by atoms with Crippen molar-refractivity contribution in [3.8, 4) is 0 Å². The van der Waals surface area contributed by atoms with E-state index in [4.69, 9.17) is 9.84 Å². The lowest BCUT2D eigenvalue weighted by Crippen LogP contribution is -2.27. The van der Waals surface area contributed by atoms with Crippen LogP contribution in [0.1, 0.15) is 0 Å². The van der Waals surface area contributed by atoms with Gasteiger partial charge in [0.05, 0.1) is 0 Å². The Kier molecular flexibility index (Phi) is 5.98. The number of hydrogen-bond donors (Lipinski definition) is 1. The third-order valence-electron chi connectivity index (χ3n) is 1.94. The lowest BCUT2D eigenvalue weighted by Gasteiger charge is -2.20. The molecule has 1 N–H and O–H groups in total. The molecule has 5 nitrogen and oxygen atoms in total. The standard InChI is InChI=1S/C10H20N2O3Si/c1-9(10(13)14)12(11-2)8-15-6-7-16(3,4)5/h1-2,6-8H2,3-5H3,(H,13,14). The number of carboxylic acid groups (broad SMARTS) is 1. The Morgan fingerprint density at radius 2 is 2.06 bits per heavy atom. The SMILES string of the molecule is C=NN(COCC[Si](C)(C)C)C(=C)C(=O)O. The smallest absolute Gasteiger partial charge is 0.353 e. The van der Waals surface area contributed by atoms with E-state index in [1.54, 1.807) is 0 Å². The monoisotopic (exact) mass is 244 g/mol. The van der Waals surface area contributed by atoms with Crippen molar-refractivity contribution in [3.63, 3.8) is 0 Å². The first-order chi connectivity index (χ1) is 7.28. The number of rotatable bonds is 8. The van der Waals surface area contributed by atoms with Gasteiger partial charge in [-0.3, -0.25) is 0 Å². The second-order valence-corrected chi connectivity index (χ2v) is 10.3. The van der Waals surface area contributed by atoms with Crippen molar-refractivity contribution >= 4 is 20.8 Å². The molecule has 0 aromatic heterocycles. The first-order valence-corrected chi connectivity index (χ1v) is 8.73. The molecule has 0 aliphatic carbocycles. The van der Waals surface area contributed by atoms with Crippen LogP contribution in [0.5, 0.6) is 0 Å². The Morgan fingerprint density at radius 1 is 1.50 bits per heavy atom. The van der Waals surface area contributed by atoms with Gasteiger partial charge in [0, 0.05) is 21.4 Å². The van der Waals surface area contributed by atoms with Gasteiger partial charge in [0.15, 0.2) is 0 Å². The molecule has 0 fully saturated rings. The van der Waals surface area contributed by atoms with Crippen LogP contribution in [-0.4, -0.2) is 44.2 Å². The summed E-state index contributed by atoms with van der Waals surface area (Å²) in [6, 6.07) is 1.03. The van der Waals surface area contributed by atoms with Crippen molar-refractivity contribution in [1.82, 2.24) is 5.01 Å². The summed E-state index contributed by atoms with van der Waals surface area (Å²) in [6.07, 6.45) is 0. The third kappa shape index (κ3) is 6.36. The van der Waals surface area contributed by atoms with Gasteiger partial charge in [-0.15, -0.1) is 0 Å². The maximum atomic E-state index is 10.6. The Bertz CT molecular complexity index is 274. The zero-order chi connectivity index (χ0) is 12.8. The number of carbonyl (C=O) groups is 1. The molecule has 0 bridgehead atoms. The zero-order valence-electron chi connectivity index (χ0n) is 10.2. The molecular formula is C10H20N2O3Si. The molecule has 0 unspecified atom stereocenters. The van der Waals surface area contributed by atoms with Gasteiger partial charge >= 0.3 is 5.97 Å². The normalized spacial score (nSPS) is 10.9. The van der Waals surface area contributed by atoms with Crippen LogP contribution < -0.4 is 0 Å². The summed E-state index contributed by atoms with van der Waals surface area (Å²) in [5.74, 6) is -1.12. The van der Waals surface area contributed by atoms with E-state index in [1.807, 2.05) is 0 Å². The maximum absolute atomic E-state index is 10.6. The zero-order valence-corrected chi connectivity index (χ0v) is 11.2. The molecule has 0 atom stereocenters. The molecule has 92 valence electrons. The highest BCUT2D eigenvalue weighted by atomic mass is 28.3. The molecule has 0 aliphatic heterocycles. The minimum atomic E-state index is -1.12. The first-order valence-electron chi connectivity index (χ1n) is 5.02. The molecule has 0 saturated heterocycles. The van der Waals surface area contributed by atoms with Gasteiger partial charge in [-0.25, -0.2) is 9.80 Å². The predicted molar refractivity (Wildman–Crippen MR) is 67.1 cm³/mol. The van der Waals surface area contributed by atoms with Gasteiger partial charge in [-0.1, -0.05) is 26.2 Å². The minimum absolute atomic E-state index is 0.0825. The van der Waals surface area contributed by atoms with E-state index < -0.39 is 14.0 Å². The Balaban J connectivity index is 3.94. The fourth-order valence-corrected chi connectivity index (χ4v) is 1.60. The fourth-order valence-electron chi connectivity index (χ4n) is 0.844. The Morgan fingerprint density at radius 3 is 2.44 bits per heavy atom. The number of aliphatic carboxylic acids is 1. The van der Waals surface area contributed by atoms with Crippen LogP contribution >= 0.6 is 0 Å². The molecule has 0 rings (SSSR count). The van der Waals surface area contributed by atoms with Crippen molar-refractivity contribution in [2.45, 2.75) is 25.7 Å². The molecule has 0 aromatic carbocycles. The molecule has 6 heteroatoms. The van der Waals surface area contributed by atoms with Crippen LogP contribution in [-0.2, 0) is 9.53 Å². The average Bonchev–Trinajstić information content (AvgIpc) is 2.15. The molecule has 16 heavy (non-hydrogen) atoms. The summed E-state index contributed by atoms with van der Waals surface area (Å²) in [5.41, 5.74) is -0.136. The number of hydrogen-bond acceptors (Lipinski definition) is 4. The maximum Gasteiger partial charge on any atom is 0.353 e. The van der Waals surface area contributed by atoms with E-state index in [9.17, 15) is 4.79 Å². The van der Waals surface area contributed by atoms with E-state index in [0.717, 1.165) is 11.1 Å². The van der Waals surface area contributed by atoms with Crippen LogP contribution in [0, 0.1) is 0 Å². The predicted octanol–water partition coefficient (Wildman–Crippen LogP) is 1.81. The van der Waals surface area contributed by atoms with Gasteiger partial charge in [-0.2, -0.15) is 5.10 Å². The average molecular weight is 244 g/mol. The molecule has 0 spiro atoms. The summed E-state index contributed by atoms with van der Waals surface area (Å²) >= 11 is 0. The van der Waals surface area contributed by atoms with Gasteiger partial charge < -0.3 is 9.84 Å². The highest BCUT2D eigenvalue weighted by Gasteiger charge is 2.15. The molecule has 0 aromatic rings. The topological polar surface area (TPSA) is 62.1 Å². The molecular weight excluding hydrogens is 224 g/mol. The summed E-state index contributed by atoms with van der Waals surface area (Å²) in [5, 5.41) is 13.4. The van der Waals surface area contributed by atoms with Crippen LogP contribution in [0.2, 0.25) is 25.7 Å². The lowest BCUT2D eigenvalue weighted by molar-refractivity contribution is -0.135. The third-order valence-corrected chi connectivity index (χ3v) is 3.64. The van der Waals surface area contributed by atoms with Crippen LogP contribution in [0.4, 0.5) is 0 Å². The molecule has 0 amide bonds. The molecule has 0 radical (unpaired) electrons. The summed E-state index contributed by atoms with van der Waals surface area (Å²) in [4.78, 5) is 10.6. The minimum Gasteiger partial charge on any atom is -0.477 e. The molecule has 0 aliphatic rings. The van der Waals surface area contributed by atoms with E-state index in [1.165, 1.54) is 0 Å². The Labute approximate surface area is 97.4 Å². The van der Waals surface area contributed by atoms with Crippen molar-refractivity contribution < 1.29 is 14.6 Å². The van der Waals surface area contributed by atoms with Crippen LogP contribution in [0.3, 0.4) is 0 Å². The van der Waals surface area contributed by atoms with Crippen molar-refractivity contribution in [2.75, 3.05) is 13.3 Å². The summed E-state index contributed by atoms with van der Waals surface area (Å²) in [6.45, 7) is 14.1. The van der Waals surface area contributed by atoms with Gasteiger partial charge in [0.1, 0.15) is 12.4 Å². The second-order valence-electron chi connectivity index (χ2n) is 4.64. The number of ether oxygens (including phenoxy) is 1. The number of carboxylic acids is 1. The van der Waals surface area contributed by atoms with Crippen LogP contribution in [0.15, 0.2) is 17.4 Å². The highest BCUT2D eigenvalue weighted by Crippen LogP contribution is 2.08. The largest absolute Gasteiger partial charge is 0.477 e. The highest BCUT2D eigenvalue weighted by molar-refractivity contribution is 6.76. The fraction of sp³-hybridized carbons (Fsp3) is 0.600. The number of nitrogens with zero attached hydrogens (tertiary/aromatic N) is 2. The van der Waals surface area contributed by atoms with E-state index >= 15 is 0 Å². The summed E-state index contributed by atoms with van der Waals surface area (Å²) in [7, 11) is -1.12. The van der Waals surface area contributed by atoms with Crippen molar-refractivity contribution in [3.05, 3.63) is 12.3 Å². The van der Waals surface area contributed by atoms with E-state index in [2.05, 4.69) is 38.0 Å². The first kappa shape index (κ1) is 14.9. The van der Waals surface area contributed by atoms with Gasteiger partial charge in [0.25, 0.3) is 0 Å². The quantitative estimate of drug-likeness (QED) is 0.177. The van der Waals surface area contributed by atoms with Crippen LogP contribution in [0.25, 0.3) is 0 Å². The molecule has 0 heterocycles. The molecule has 0 saturated carbocycles. The van der Waals surface area contributed by atoms with Gasteiger partial charge in [-0.05, 0) is 6.04 Å². The van der Waals surface area contributed by atoms with Gasteiger partial charge in [0.2, 0.25) is 0 Å². The number of hydrazone groups is 1. The summed E-state index contributed by atoms with van der Waals surface area (Å²) < 4.78 is 5.34. The van der Waals surface area contributed by atoms with E-state index in [-0.39, 0.29) is 12.4 Å². The van der Waals surface area contributed by atoms with Crippen molar-refractivity contribution in [1.29, 1.82) is 0 Å². The lowest BCUT2D eigenvalue weighted by atomic mass is 10.5. The second kappa shape index (κ2) is 6.44. The Hall–Kier alpha value is -1.14. The van der Waals surface area contributed by atoms with E-state index in [0.29, 0.717) is 6.61 Å².